The Morgan fingerprint density at radius 1 is 1.17 bits per heavy atom. The number of fused-ring (bicyclic) bond motifs is 1. The van der Waals surface area contributed by atoms with Crippen molar-refractivity contribution in [2.45, 2.75) is 6.10 Å². The summed E-state index contributed by atoms with van der Waals surface area (Å²) < 4.78 is 11.2. The van der Waals surface area contributed by atoms with E-state index in [2.05, 4.69) is 5.32 Å². The Morgan fingerprint density at radius 3 is 2.67 bits per heavy atom. The summed E-state index contributed by atoms with van der Waals surface area (Å²) in [5.41, 5.74) is 1.22. The third kappa shape index (κ3) is 3.56. The van der Waals surface area contributed by atoms with Gasteiger partial charge in [-0.3, -0.25) is 4.79 Å². The smallest absolute Gasteiger partial charge is 0.251 e. The summed E-state index contributed by atoms with van der Waals surface area (Å²) in [5, 5.41) is 4.55. The maximum atomic E-state index is 12.2. The van der Waals surface area contributed by atoms with Gasteiger partial charge < -0.3 is 14.5 Å². The summed E-state index contributed by atoms with van der Waals surface area (Å²) in [7, 11) is 1.57. The molecule has 2 aromatic carbocycles. The molecule has 0 saturated heterocycles. The fourth-order valence-electron chi connectivity index (χ4n) is 2.39. The molecule has 1 amide bonds. The monoisotopic (exact) mass is 363 g/mol. The Kier molecular flexibility index (Phi) is 5.09. The molecule has 0 aliphatic carbocycles. The van der Waals surface area contributed by atoms with E-state index in [-0.39, 0.29) is 18.6 Å². The summed E-state index contributed by atoms with van der Waals surface area (Å²) in [5.74, 6) is 0.403. The fourth-order valence-corrected chi connectivity index (χ4v) is 2.68. The number of halogens is 2. The van der Waals surface area contributed by atoms with Crippen LogP contribution >= 0.6 is 23.2 Å². The van der Waals surface area contributed by atoms with Gasteiger partial charge in [0.1, 0.15) is 17.4 Å². The number of methoxy groups -OCH3 is 1. The minimum atomic E-state index is -0.385. The first kappa shape index (κ1) is 16.8. The Bertz CT molecular complexity index is 843. The fraction of sp³-hybridized carbons (Fsp3) is 0.167. The molecule has 1 unspecified atom stereocenters. The lowest BCUT2D eigenvalue weighted by molar-refractivity contribution is 0.0747. The maximum Gasteiger partial charge on any atom is 0.251 e. The second kappa shape index (κ2) is 7.26. The largest absolute Gasteiger partial charge is 0.458 e. The Balaban J connectivity index is 1.71. The van der Waals surface area contributed by atoms with E-state index in [1.165, 1.54) is 6.07 Å². The van der Waals surface area contributed by atoms with Gasteiger partial charge in [0.15, 0.2) is 0 Å². The van der Waals surface area contributed by atoms with Crippen molar-refractivity contribution < 1.29 is 13.9 Å². The van der Waals surface area contributed by atoms with Crippen LogP contribution in [0.1, 0.15) is 22.2 Å². The highest BCUT2D eigenvalue weighted by Crippen LogP contribution is 2.26. The molecule has 0 saturated carbocycles. The van der Waals surface area contributed by atoms with Crippen molar-refractivity contribution in [2.75, 3.05) is 13.7 Å². The Hall–Kier alpha value is -2.01. The predicted molar refractivity (Wildman–Crippen MR) is 94.8 cm³/mol. The number of carbonyl (C=O) groups is 1. The zero-order valence-electron chi connectivity index (χ0n) is 12.9. The van der Waals surface area contributed by atoms with Gasteiger partial charge in [-0.15, -0.1) is 0 Å². The molecule has 3 rings (SSSR count). The molecular formula is C18H15Cl2NO3. The first-order valence-electron chi connectivity index (χ1n) is 7.33. The molecular weight excluding hydrogens is 349 g/mol. The average molecular weight is 364 g/mol. The van der Waals surface area contributed by atoms with Crippen LogP contribution < -0.4 is 5.32 Å². The molecule has 1 N–H and O–H groups in total. The van der Waals surface area contributed by atoms with Crippen molar-refractivity contribution in [3.63, 3.8) is 0 Å². The standard InChI is InChI=1S/C18H15Cl2NO3/c1-23-17(16-9-11-4-2-3-5-15(11)24-16)10-21-18(22)12-6-7-13(19)14(20)8-12/h2-9,17H,10H2,1H3,(H,21,22). The van der Waals surface area contributed by atoms with Crippen LogP contribution in [-0.4, -0.2) is 19.6 Å². The lowest BCUT2D eigenvalue weighted by Gasteiger charge is -2.14. The maximum absolute atomic E-state index is 12.2. The van der Waals surface area contributed by atoms with Crippen molar-refractivity contribution in [1.82, 2.24) is 5.32 Å². The molecule has 24 heavy (non-hydrogen) atoms. The van der Waals surface area contributed by atoms with Crippen molar-refractivity contribution >= 4 is 40.1 Å². The predicted octanol–water partition coefficient (Wildman–Crippen LogP) is 4.86. The Labute approximate surface area is 149 Å². The number of amides is 1. The van der Waals surface area contributed by atoms with Gasteiger partial charge in [0.25, 0.3) is 5.91 Å². The first-order chi connectivity index (χ1) is 11.6. The number of hydrogen-bond donors (Lipinski definition) is 1. The molecule has 0 spiro atoms. The number of carbonyl (C=O) groups excluding carboxylic acids is 1. The van der Waals surface area contributed by atoms with Gasteiger partial charge in [-0.1, -0.05) is 41.4 Å². The Morgan fingerprint density at radius 2 is 1.96 bits per heavy atom. The van der Waals surface area contributed by atoms with Crippen LogP contribution in [0.15, 0.2) is 52.9 Å². The topological polar surface area (TPSA) is 51.5 Å². The number of furan rings is 1. The van der Waals surface area contributed by atoms with Gasteiger partial charge in [0.05, 0.1) is 16.6 Å². The van der Waals surface area contributed by atoms with E-state index in [1.807, 2.05) is 30.3 Å². The molecule has 0 aliphatic heterocycles. The zero-order valence-corrected chi connectivity index (χ0v) is 14.4. The molecule has 1 heterocycles. The van der Waals surface area contributed by atoms with Crippen LogP contribution in [0.25, 0.3) is 11.0 Å². The van der Waals surface area contributed by atoms with Gasteiger partial charge >= 0.3 is 0 Å². The van der Waals surface area contributed by atoms with E-state index >= 15 is 0 Å². The summed E-state index contributed by atoms with van der Waals surface area (Å²) in [6.45, 7) is 0.273. The zero-order chi connectivity index (χ0) is 17.1. The van der Waals surface area contributed by atoms with E-state index < -0.39 is 0 Å². The van der Waals surface area contributed by atoms with E-state index in [0.29, 0.717) is 21.4 Å². The third-order valence-corrected chi connectivity index (χ3v) is 4.42. The van der Waals surface area contributed by atoms with Crippen molar-refractivity contribution in [3.8, 4) is 0 Å². The molecule has 0 radical (unpaired) electrons. The van der Waals surface area contributed by atoms with Gasteiger partial charge in [-0.2, -0.15) is 0 Å². The molecule has 124 valence electrons. The number of hydrogen-bond acceptors (Lipinski definition) is 3. The lowest BCUT2D eigenvalue weighted by atomic mass is 10.2. The van der Waals surface area contributed by atoms with Crippen LogP contribution in [-0.2, 0) is 4.74 Å². The third-order valence-electron chi connectivity index (χ3n) is 3.68. The minimum Gasteiger partial charge on any atom is -0.458 e. The second-order valence-electron chi connectivity index (χ2n) is 5.25. The van der Waals surface area contributed by atoms with Gasteiger partial charge in [-0.05, 0) is 30.3 Å². The number of benzene rings is 2. The quantitative estimate of drug-likeness (QED) is 0.704. The molecule has 0 bridgehead atoms. The molecule has 4 nitrogen and oxygen atoms in total. The van der Waals surface area contributed by atoms with E-state index in [0.717, 1.165) is 11.0 Å². The normalized spacial score (nSPS) is 12.3. The van der Waals surface area contributed by atoms with Crippen LogP contribution in [0.2, 0.25) is 10.0 Å². The summed E-state index contributed by atoms with van der Waals surface area (Å²) in [6.07, 6.45) is -0.385. The number of rotatable bonds is 5. The van der Waals surface area contributed by atoms with Gasteiger partial charge in [0, 0.05) is 18.1 Å². The van der Waals surface area contributed by atoms with Crippen molar-refractivity contribution in [1.29, 1.82) is 0 Å². The molecule has 3 aromatic rings. The SMILES string of the molecule is COC(CNC(=O)c1ccc(Cl)c(Cl)c1)c1cc2ccccc2o1. The molecule has 1 aromatic heterocycles. The molecule has 1 atom stereocenters. The highest BCUT2D eigenvalue weighted by Gasteiger charge is 2.17. The molecule has 0 aliphatic rings. The van der Waals surface area contributed by atoms with E-state index in [4.69, 9.17) is 32.4 Å². The summed E-state index contributed by atoms with van der Waals surface area (Å²) in [6, 6.07) is 14.3. The van der Waals surface area contributed by atoms with E-state index in [1.54, 1.807) is 19.2 Å². The molecule has 0 fully saturated rings. The highest BCUT2D eigenvalue weighted by atomic mass is 35.5. The number of ether oxygens (including phenoxy) is 1. The van der Waals surface area contributed by atoms with Crippen LogP contribution in [0.4, 0.5) is 0 Å². The van der Waals surface area contributed by atoms with E-state index in [9.17, 15) is 4.79 Å². The van der Waals surface area contributed by atoms with Crippen LogP contribution in [0.5, 0.6) is 0 Å². The highest BCUT2D eigenvalue weighted by molar-refractivity contribution is 6.42. The lowest BCUT2D eigenvalue weighted by Crippen LogP contribution is -2.29. The number of para-hydroxylation sites is 1. The summed E-state index contributed by atoms with van der Waals surface area (Å²) >= 11 is 11.8. The number of nitrogens with one attached hydrogen (secondary N) is 1. The first-order valence-corrected chi connectivity index (χ1v) is 8.08. The minimum absolute atomic E-state index is 0.258. The van der Waals surface area contributed by atoms with Crippen LogP contribution in [0.3, 0.4) is 0 Å². The second-order valence-corrected chi connectivity index (χ2v) is 6.06. The van der Waals surface area contributed by atoms with Crippen LogP contribution in [0, 0.1) is 0 Å². The molecule has 6 heteroatoms. The van der Waals surface area contributed by atoms with Crippen molar-refractivity contribution in [3.05, 3.63) is 69.9 Å². The average Bonchev–Trinajstić information content (AvgIpc) is 3.01. The van der Waals surface area contributed by atoms with Gasteiger partial charge in [-0.25, -0.2) is 0 Å². The van der Waals surface area contributed by atoms with Gasteiger partial charge in [0.2, 0.25) is 0 Å². The van der Waals surface area contributed by atoms with Crippen molar-refractivity contribution in [2.24, 2.45) is 0 Å². The summed E-state index contributed by atoms with van der Waals surface area (Å²) in [4.78, 5) is 12.2.